The molecule has 1 rings (SSSR count). The second kappa shape index (κ2) is 4.00. The molecule has 0 N–H and O–H groups in total. The van der Waals surface area contributed by atoms with E-state index >= 15 is 0 Å². The van der Waals surface area contributed by atoms with Gasteiger partial charge in [0.2, 0.25) is 0 Å². The number of alkyl halides is 2. The van der Waals surface area contributed by atoms with Crippen LogP contribution in [0.1, 0.15) is 13.3 Å². The molecule has 1 heterocycles. The molecule has 0 aromatic rings. The van der Waals surface area contributed by atoms with E-state index in [2.05, 4.69) is 4.74 Å². The molecule has 0 aromatic carbocycles. The van der Waals surface area contributed by atoms with Crippen LogP contribution in [0.5, 0.6) is 0 Å². The van der Waals surface area contributed by atoms with Gasteiger partial charge in [0, 0.05) is 6.61 Å². The number of ether oxygens (including phenoxy) is 2. The monoisotopic (exact) mass is 194 g/mol. The molecule has 0 amide bonds. The van der Waals surface area contributed by atoms with Crippen LogP contribution in [0.3, 0.4) is 0 Å². The van der Waals surface area contributed by atoms with Crippen LogP contribution in [-0.2, 0) is 14.3 Å². The van der Waals surface area contributed by atoms with Crippen molar-refractivity contribution in [3.05, 3.63) is 0 Å². The van der Waals surface area contributed by atoms with Gasteiger partial charge in [0.05, 0.1) is 19.1 Å². The van der Waals surface area contributed by atoms with Gasteiger partial charge in [-0.1, -0.05) is 0 Å². The topological polar surface area (TPSA) is 35.5 Å². The van der Waals surface area contributed by atoms with Gasteiger partial charge in [-0.25, -0.2) is 4.79 Å². The Kier molecular flexibility index (Phi) is 3.19. The van der Waals surface area contributed by atoms with Crippen LogP contribution >= 0.6 is 0 Å². The van der Waals surface area contributed by atoms with E-state index in [1.165, 1.54) is 6.92 Å². The first-order valence-corrected chi connectivity index (χ1v) is 4.21. The second-order valence-corrected chi connectivity index (χ2v) is 2.90. The van der Waals surface area contributed by atoms with Gasteiger partial charge >= 0.3 is 11.9 Å². The Hall–Kier alpha value is -0.710. The lowest BCUT2D eigenvalue weighted by Crippen LogP contribution is -2.39. The predicted molar refractivity (Wildman–Crippen MR) is 40.5 cm³/mol. The van der Waals surface area contributed by atoms with Crippen molar-refractivity contribution in [2.45, 2.75) is 19.3 Å². The van der Waals surface area contributed by atoms with Crippen molar-refractivity contribution in [2.75, 3.05) is 19.8 Å². The van der Waals surface area contributed by atoms with Crippen LogP contribution in [0.15, 0.2) is 0 Å². The summed E-state index contributed by atoms with van der Waals surface area (Å²) in [7, 11) is 0. The van der Waals surface area contributed by atoms with Crippen LogP contribution in [0, 0.1) is 5.92 Å². The smallest absolute Gasteiger partial charge is 0.377 e. The third kappa shape index (κ3) is 2.15. The normalized spacial score (nSPS) is 23.2. The molecule has 1 atom stereocenters. The van der Waals surface area contributed by atoms with Gasteiger partial charge in [0.25, 0.3) is 0 Å². The zero-order valence-electron chi connectivity index (χ0n) is 7.39. The number of carbonyl (C=O) groups is 1. The molecule has 1 saturated heterocycles. The highest BCUT2D eigenvalue weighted by atomic mass is 19.3. The number of carbonyl (C=O) groups excluding carboxylic acids is 1. The van der Waals surface area contributed by atoms with E-state index in [4.69, 9.17) is 4.74 Å². The maximum Gasteiger partial charge on any atom is 0.377 e. The molecule has 0 radical (unpaired) electrons. The Morgan fingerprint density at radius 2 is 2.38 bits per heavy atom. The second-order valence-electron chi connectivity index (χ2n) is 2.90. The van der Waals surface area contributed by atoms with E-state index in [0.29, 0.717) is 6.61 Å². The lowest BCUT2D eigenvalue weighted by atomic mass is 10.0. The number of rotatable bonds is 3. The van der Waals surface area contributed by atoms with E-state index in [1.54, 1.807) is 0 Å². The van der Waals surface area contributed by atoms with Crippen molar-refractivity contribution >= 4 is 5.97 Å². The molecule has 0 spiro atoms. The number of halogens is 2. The molecule has 0 aliphatic carbocycles. The molecular weight excluding hydrogens is 182 g/mol. The van der Waals surface area contributed by atoms with Crippen molar-refractivity contribution in [2.24, 2.45) is 5.92 Å². The average molecular weight is 194 g/mol. The van der Waals surface area contributed by atoms with Gasteiger partial charge in [-0.05, 0) is 13.3 Å². The van der Waals surface area contributed by atoms with Crippen molar-refractivity contribution < 1.29 is 23.0 Å². The molecule has 0 unspecified atom stereocenters. The summed E-state index contributed by atoms with van der Waals surface area (Å²) in [5.41, 5.74) is 0. The fourth-order valence-corrected chi connectivity index (χ4v) is 1.21. The Morgan fingerprint density at radius 1 is 1.69 bits per heavy atom. The Balaban J connectivity index is 2.57. The lowest BCUT2D eigenvalue weighted by molar-refractivity contribution is -0.179. The minimum absolute atomic E-state index is 0.0258. The predicted octanol–water partition coefficient (Wildman–Crippen LogP) is 1.22. The molecule has 13 heavy (non-hydrogen) atoms. The average Bonchev–Trinajstić information content (AvgIpc) is 2.56. The largest absolute Gasteiger partial charge is 0.462 e. The summed E-state index contributed by atoms with van der Waals surface area (Å²) in [6, 6.07) is 0. The van der Waals surface area contributed by atoms with E-state index in [0.717, 1.165) is 0 Å². The van der Waals surface area contributed by atoms with Gasteiger partial charge < -0.3 is 9.47 Å². The Morgan fingerprint density at radius 3 is 2.85 bits per heavy atom. The van der Waals surface area contributed by atoms with Gasteiger partial charge in [-0.15, -0.1) is 0 Å². The quantitative estimate of drug-likeness (QED) is 0.634. The van der Waals surface area contributed by atoms with E-state index in [1.807, 2.05) is 0 Å². The molecule has 0 bridgehead atoms. The third-order valence-electron chi connectivity index (χ3n) is 1.99. The zero-order valence-corrected chi connectivity index (χ0v) is 7.39. The van der Waals surface area contributed by atoms with Crippen molar-refractivity contribution in [1.29, 1.82) is 0 Å². The van der Waals surface area contributed by atoms with Gasteiger partial charge in [0.1, 0.15) is 0 Å². The van der Waals surface area contributed by atoms with E-state index in [9.17, 15) is 13.6 Å². The summed E-state index contributed by atoms with van der Waals surface area (Å²) in [6.45, 7) is 1.70. The molecule has 0 saturated carbocycles. The summed E-state index contributed by atoms with van der Waals surface area (Å²) in [5.74, 6) is -5.86. The van der Waals surface area contributed by atoms with E-state index < -0.39 is 17.8 Å². The number of hydrogen-bond acceptors (Lipinski definition) is 3. The van der Waals surface area contributed by atoms with Crippen LogP contribution in [0.4, 0.5) is 8.78 Å². The minimum atomic E-state index is -3.40. The molecule has 0 aromatic heterocycles. The van der Waals surface area contributed by atoms with Crippen molar-refractivity contribution in [3.8, 4) is 0 Å². The van der Waals surface area contributed by atoms with Crippen molar-refractivity contribution in [1.82, 2.24) is 0 Å². The summed E-state index contributed by atoms with van der Waals surface area (Å²) >= 11 is 0. The summed E-state index contributed by atoms with van der Waals surface area (Å²) in [4.78, 5) is 10.8. The maximum absolute atomic E-state index is 13.2. The van der Waals surface area contributed by atoms with Gasteiger partial charge in [0.15, 0.2) is 0 Å². The highest BCUT2D eigenvalue weighted by Gasteiger charge is 2.49. The number of hydrogen-bond donors (Lipinski definition) is 0. The fourth-order valence-electron chi connectivity index (χ4n) is 1.21. The van der Waals surface area contributed by atoms with Gasteiger partial charge in [-0.3, -0.25) is 0 Å². The molecular formula is C8H12F2O3. The fraction of sp³-hybridized carbons (Fsp3) is 0.875. The first kappa shape index (κ1) is 10.4. The van der Waals surface area contributed by atoms with Crippen LogP contribution in [0.2, 0.25) is 0 Å². The highest BCUT2D eigenvalue weighted by Crippen LogP contribution is 2.32. The van der Waals surface area contributed by atoms with E-state index in [-0.39, 0.29) is 19.6 Å². The molecule has 5 heteroatoms. The lowest BCUT2D eigenvalue weighted by Gasteiger charge is -2.19. The van der Waals surface area contributed by atoms with Crippen LogP contribution in [0.25, 0.3) is 0 Å². The highest BCUT2D eigenvalue weighted by molar-refractivity contribution is 5.78. The third-order valence-corrected chi connectivity index (χ3v) is 1.99. The maximum atomic E-state index is 13.2. The first-order valence-electron chi connectivity index (χ1n) is 4.21. The number of esters is 1. The van der Waals surface area contributed by atoms with Crippen molar-refractivity contribution in [3.63, 3.8) is 0 Å². The summed E-state index contributed by atoms with van der Waals surface area (Å²) < 4.78 is 35.4. The van der Waals surface area contributed by atoms with Gasteiger partial charge in [-0.2, -0.15) is 8.78 Å². The zero-order chi connectivity index (χ0) is 9.90. The SMILES string of the molecule is CCOC(=O)C(F)(F)[C@H]1CCOC1. The van der Waals surface area contributed by atoms with Crippen LogP contribution < -0.4 is 0 Å². The molecule has 3 nitrogen and oxygen atoms in total. The molecule has 76 valence electrons. The molecule has 1 aliphatic heterocycles. The Labute approximate surface area is 75.0 Å². The minimum Gasteiger partial charge on any atom is -0.462 e. The summed E-state index contributed by atoms with van der Waals surface area (Å²) in [5, 5.41) is 0. The standard InChI is InChI=1S/C8H12F2O3/c1-2-13-7(11)8(9,10)6-3-4-12-5-6/h6H,2-5H2,1H3/t6-/m0/s1. The Bertz CT molecular complexity index is 188. The summed E-state index contributed by atoms with van der Waals surface area (Å²) in [6.07, 6.45) is 0.214. The first-order chi connectivity index (χ1) is 6.09. The van der Waals surface area contributed by atoms with Crippen LogP contribution in [-0.4, -0.2) is 31.7 Å². The molecule has 1 fully saturated rings. The molecule has 1 aliphatic rings.